The Morgan fingerprint density at radius 2 is 2.21 bits per heavy atom. The van der Waals surface area contributed by atoms with Crippen molar-refractivity contribution >= 4 is 10.9 Å². The third-order valence-corrected chi connectivity index (χ3v) is 4.05. The van der Waals surface area contributed by atoms with Gasteiger partial charge in [-0.15, -0.1) is 0 Å². The number of aromatic nitrogens is 1. The van der Waals surface area contributed by atoms with E-state index in [-0.39, 0.29) is 0 Å². The van der Waals surface area contributed by atoms with Gasteiger partial charge in [-0.3, -0.25) is 9.88 Å². The van der Waals surface area contributed by atoms with Gasteiger partial charge >= 0.3 is 0 Å². The van der Waals surface area contributed by atoms with Crippen molar-refractivity contribution in [3.8, 4) is 0 Å². The fourth-order valence-corrected chi connectivity index (χ4v) is 3.08. The summed E-state index contributed by atoms with van der Waals surface area (Å²) >= 11 is 0. The number of likely N-dealkylation sites (N-methyl/N-ethyl adjacent to an activating group) is 1. The number of pyridine rings is 1. The van der Waals surface area contributed by atoms with E-state index >= 15 is 0 Å². The third kappa shape index (κ3) is 2.62. The number of benzene rings is 1. The Morgan fingerprint density at radius 3 is 3.11 bits per heavy atom. The molecule has 0 spiro atoms. The zero-order valence-corrected chi connectivity index (χ0v) is 11.5. The molecule has 3 heteroatoms. The topological polar surface area (TPSA) is 28.2 Å². The van der Waals surface area contributed by atoms with E-state index in [0.717, 1.165) is 18.6 Å². The highest BCUT2D eigenvalue weighted by atomic mass is 15.2. The highest BCUT2D eigenvalue weighted by Gasteiger charge is 2.23. The molecule has 3 nitrogen and oxygen atoms in total. The minimum atomic E-state index is 0.678. The quantitative estimate of drug-likeness (QED) is 0.909. The van der Waals surface area contributed by atoms with Gasteiger partial charge in [0.05, 0.1) is 5.52 Å². The van der Waals surface area contributed by atoms with Crippen molar-refractivity contribution in [2.24, 2.45) is 0 Å². The minimum Gasteiger partial charge on any atom is -0.318 e. The first-order valence-corrected chi connectivity index (χ1v) is 7.10. The van der Waals surface area contributed by atoms with Gasteiger partial charge in [0, 0.05) is 30.7 Å². The lowest BCUT2D eigenvalue weighted by molar-refractivity contribution is 0.243. The number of nitrogens with zero attached hydrogens (tertiary/aromatic N) is 2. The van der Waals surface area contributed by atoms with Gasteiger partial charge < -0.3 is 5.32 Å². The molecular weight excluding hydrogens is 234 g/mol. The Bertz CT molecular complexity index is 547. The molecule has 3 rings (SSSR count). The lowest BCUT2D eigenvalue weighted by Crippen LogP contribution is -2.36. The Kier molecular flexibility index (Phi) is 3.76. The van der Waals surface area contributed by atoms with Crippen LogP contribution in [0.4, 0.5) is 0 Å². The second-order valence-electron chi connectivity index (χ2n) is 5.31. The molecule has 0 radical (unpaired) electrons. The Labute approximate surface area is 114 Å². The van der Waals surface area contributed by atoms with Crippen molar-refractivity contribution in [3.63, 3.8) is 0 Å². The average molecular weight is 255 g/mol. The molecule has 0 saturated carbocycles. The molecule has 0 bridgehead atoms. The number of nitrogens with one attached hydrogen (secondary N) is 1. The number of hydrogen-bond donors (Lipinski definition) is 1. The summed E-state index contributed by atoms with van der Waals surface area (Å²) in [5.41, 5.74) is 2.50. The van der Waals surface area contributed by atoms with Crippen LogP contribution in [0.5, 0.6) is 0 Å². The highest BCUT2D eigenvalue weighted by Crippen LogP contribution is 2.23. The molecule has 1 saturated heterocycles. The first kappa shape index (κ1) is 12.6. The number of rotatable bonds is 4. The van der Waals surface area contributed by atoms with Gasteiger partial charge in [-0.2, -0.15) is 0 Å². The van der Waals surface area contributed by atoms with E-state index in [1.54, 1.807) is 0 Å². The molecule has 100 valence electrons. The number of likely N-dealkylation sites (tertiary alicyclic amines) is 1. The summed E-state index contributed by atoms with van der Waals surface area (Å²) in [7, 11) is 2.04. The molecule has 1 aromatic carbocycles. The van der Waals surface area contributed by atoms with Crippen molar-refractivity contribution < 1.29 is 0 Å². The standard InChI is InChI=1S/C16H21N3/c1-17-11-14-5-4-10-19(14)12-13-8-9-18-16-7-3-2-6-15(13)16/h2-3,6-9,14,17H,4-5,10-12H2,1H3. The van der Waals surface area contributed by atoms with Crippen LogP contribution in [0.2, 0.25) is 0 Å². The van der Waals surface area contributed by atoms with Crippen LogP contribution in [0.3, 0.4) is 0 Å². The zero-order chi connectivity index (χ0) is 13.1. The van der Waals surface area contributed by atoms with E-state index in [1.807, 2.05) is 13.2 Å². The van der Waals surface area contributed by atoms with Crippen LogP contribution in [0, 0.1) is 0 Å². The molecule has 0 amide bonds. The smallest absolute Gasteiger partial charge is 0.0705 e. The van der Waals surface area contributed by atoms with Gasteiger partial charge in [0.1, 0.15) is 0 Å². The van der Waals surface area contributed by atoms with Gasteiger partial charge in [0.2, 0.25) is 0 Å². The lowest BCUT2D eigenvalue weighted by atomic mass is 10.1. The van der Waals surface area contributed by atoms with Crippen molar-refractivity contribution in [1.29, 1.82) is 0 Å². The van der Waals surface area contributed by atoms with E-state index in [4.69, 9.17) is 0 Å². The van der Waals surface area contributed by atoms with Crippen LogP contribution < -0.4 is 5.32 Å². The van der Waals surface area contributed by atoms with E-state index in [2.05, 4.69) is 45.5 Å². The van der Waals surface area contributed by atoms with Crippen LogP contribution in [0.1, 0.15) is 18.4 Å². The molecule has 0 aliphatic carbocycles. The average Bonchev–Trinajstić information content (AvgIpc) is 2.87. The Hall–Kier alpha value is -1.45. The Morgan fingerprint density at radius 1 is 1.32 bits per heavy atom. The molecule has 1 aliphatic rings. The van der Waals surface area contributed by atoms with Crippen LogP contribution >= 0.6 is 0 Å². The lowest BCUT2D eigenvalue weighted by Gasteiger charge is -2.24. The highest BCUT2D eigenvalue weighted by molar-refractivity contribution is 5.81. The first-order valence-electron chi connectivity index (χ1n) is 7.10. The molecule has 2 aromatic rings. The van der Waals surface area contributed by atoms with E-state index in [0.29, 0.717) is 6.04 Å². The minimum absolute atomic E-state index is 0.678. The van der Waals surface area contributed by atoms with Crippen LogP contribution in [0.25, 0.3) is 10.9 Å². The molecule has 1 unspecified atom stereocenters. The molecule has 1 aromatic heterocycles. The molecule has 1 fully saturated rings. The zero-order valence-electron chi connectivity index (χ0n) is 11.5. The van der Waals surface area contributed by atoms with Crippen LogP contribution in [0.15, 0.2) is 36.5 Å². The second-order valence-corrected chi connectivity index (χ2v) is 5.31. The predicted octanol–water partition coefficient (Wildman–Crippen LogP) is 2.42. The summed E-state index contributed by atoms with van der Waals surface area (Å²) in [6.45, 7) is 3.33. The van der Waals surface area contributed by atoms with Crippen molar-refractivity contribution in [2.75, 3.05) is 20.1 Å². The van der Waals surface area contributed by atoms with Gasteiger partial charge in [0.25, 0.3) is 0 Å². The number of hydrogen-bond acceptors (Lipinski definition) is 3. The van der Waals surface area contributed by atoms with Gasteiger partial charge in [-0.1, -0.05) is 18.2 Å². The fraction of sp³-hybridized carbons (Fsp3) is 0.438. The van der Waals surface area contributed by atoms with Gasteiger partial charge in [-0.25, -0.2) is 0 Å². The third-order valence-electron chi connectivity index (χ3n) is 4.05. The molecule has 19 heavy (non-hydrogen) atoms. The monoisotopic (exact) mass is 255 g/mol. The maximum atomic E-state index is 4.44. The van der Waals surface area contributed by atoms with Crippen LogP contribution in [-0.2, 0) is 6.54 Å². The second kappa shape index (κ2) is 5.68. The maximum Gasteiger partial charge on any atom is 0.0705 e. The molecule has 1 atom stereocenters. The summed E-state index contributed by atoms with van der Waals surface area (Å²) in [5.74, 6) is 0. The summed E-state index contributed by atoms with van der Waals surface area (Å²) in [5, 5.41) is 4.60. The van der Waals surface area contributed by atoms with Gasteiger partial charge in [-0.05, 0) is 44.1 Å². The number of fused-ring (bicyclic) bond motifs is 1. The predicted molar refractivity (Wildman–Crippen MR) is 79.1 cm³/mol. The Balaban J connectivity index is 1.85. The SMILES string of the molecule is CNCC1CCCN1Cc1ccnc2ccccc12. The van der Waals surface area contributed by atoms with E-state index < -0.39 is 0 Å². The summed E-state index contributed by atoms with van der Waals surface area (Å²) < 4.78 is 0. The summed E-state index contributed by atoms with van der Waals surface area (Å²) in [4.78, 5) is 7.04. The molecular formula is C16H21N3. The van der Waals surface area contributed by atoms with Crippen molar-refractivity contribution in [1.82, 2.24) is 15.2 Å². The summed E-state index contributed by atoms with van der Waals surface area (Å²) in [6.07, 6.45) is 4.56. The fourth-order valence-electron chi connectivity index (χ4n) is 3.08. The van der Waals surface area contributed by atoms with E-state index in [1.165, 1.54) is 30.3 Å². The number of para-hydroxylation sites is 1. The largest absolute Gasteiger partial charge is 0.318 e. The van der Waals surface area contributed by atoms with Crippen molar-refractivity contribution in [2.45, 2.75) is 25.4 Å². The maximum absolute atomic E-state index is 4.44. The normalized spacial score (nSPS) is 20.2. The summed E-state index contributed by atoms with van der Waals surface area (Å²) in [6, 6.07) is 11.3. The molecule has 2 heterocycles. The van der Waals surface area contributed by atoms with Crippen LogP contribution in [-0.4, -0.2) is 36.1 Å². The first-order chi connectivity index (χ1) is 9.38. The van der Waals surface area contributed by atoms with Crippen molar-refractivity contribution in [3.05, 3.63) is 42.1 Å². The van der Waals surface area contributed by atoms with Gasteiger partial charge in [0.15, 0.2) is 0 Å². The van der Waals surface area contributed by atoms with E-state index in [9.17, 15) is 0 Å². The molecule has 1 aliphatic heterocycles. The molecule has 1 N–H and O–H groups in total.